The van der Waals surface area contributed by atoms with Gasteiger partial charge in [-0.3, -0.25) is 9.59 Å². The summed E-state index contributed by atoms with van der Waals surface area (Å²) in [5.74, 6) is -0.333. The van der Waals surface area contributed by atoms with Crippen molar-refractivity contribution in [2.75, 3.05) is 5.32 Å². The highest BCUT2D eigenvalue weighted by atomic mass is 32.2. The van der Waals surface area contributed by atoms with Crippen LogP contribution in [0, 0.1) is 0 Å². The number of rotatable bonds is 6. The minimum absolute atomic E-state index is 0.103. The molecule has 8 heteroatoms. The van der Waals surface area contributed by atoms with Gasteiger partial charge in [-0.05, 0) is 48.5 Å². The third kappa shape index (κ3) is 3.97. The van der Waals surface area contributed by atoms with Crippen LogP contribution in [0.25, 0.3) is 5.69 Å². The second-order valence-corrected chi connectivity index (χ2v) is 6.87. The molecule has 132 valence electrons. The fraction of sp³-hybridized carbons (Fsp3) is 0.167. The molecule has 0 radical (unpaired) electrons. The van der Waals surface area contributed by atoms with Gasteiger partial charge in [0, 0.05) is 5.56 Å². The number of carbonyl (C=O) groups is 2. The standard InChI is InChI=1S/C18H17N5O2S/c1-12(24)15-10-6-7-11-16(15)19-17(25)13(2)26-18-20-21-22-23(18)14-8-4-3-5-9-14/h3-11,13H,1-2H3,(H,19,25)/t13-/m0/s1. The Kier molecular flexibility index (Phi) is 5.43. The fourth-order valence-corrected chi connectivity index (χ4v) is 3.14. The van der Waals surface area contributed by atoms with Crippen LogP contribution < -0.4 is 5.32 Å². The summed E-state index contributed by atoms with van der Waals surface area (Å²) in [4.78, 5) is 24.2. The number of Topliss-reactive ketones (excluding diaryl/α,β-unsaturated/α-hetero) is 1. The SMILES string of the molecule is CC(=O)c1ccccc1NC(=O)[C@H](C)Sc1nnnn1-c1ccccc1. The van der Waals surface area contributed by atoms with Crippen LogP contribution in [-0.4, -0.2) is 37.1 Å². The zero-order valence-electron chi connectivity index (χ0n) is 14.3. The zero-order chi connectivity index (χ0) is 18.5. The summed E-state index contributed by atoms with van der Waals surface area (Å²) in [6, 6.07) is 16.4. The van der Waals surface area contributed by atoms with E-state index in [1.165, 1.54) is 18.7 Å². The molecule has 26 heavy (non-hydrogen) atoms. The van der Waals surface area contributed by atoms with Crippen molar-refractivity contribution >= 4 is 29.1 Å². The van der Waals surface area contributed by atoms with E-state index >= 15 is 0 Å². The number of ketones is 1. The number of benzene rings is 2. The lowest BCUT2D eigenvalue weighted by molar-refractivity contribution is -0.115. The van der Waals surface area contributed by atoms with Crippen molar-refractivity contribution in [2.24, 2.45) is 0 Å². The average molecular weight is 367 g/mol. The lowest BCUT2D eigenvalue weighted by Gasteiger charge is -2.13. The van der Waals surface area contributed by atoms with Crippen molar-refractivity contribution in [2.45, 2.75) is 24.3 Å². The lowest BCUT2D eigenvalue weighted by atomic mass is 10.1. The first-order chi connectivity index (χ1) is 12.6. The molecule has 3 aromatic rings. The maximum atomic E-state index is 12.5. The minimum atomic E-state index is -0.455. The molecular weight excluding hydrogens is 350 g/mol. The van der Waals surface area contributed by atoms with E-state index in [1.54, 1.807) is 35.9 Å². The molecule has 2 aromatic carbocycles. The highest BCUT2D eigenvalue weighted by molar-refractivity contribution is 8.00. The topological polar surface area (TPSA) is 89.8 Å². The Morgan fingerprint density at radius 1 is 1.08 bits per heavy atom. The van der Waals surface area contributed by atoms with Gasteiger partial charge in [0.2, 0.25) is 11.1 Å². The van der Waals surface area contributed by atoms with E-state index in [4.69, 9.17) is 0 Å². The lowest BCUT2D eigenvalue weighted by Crippen LogP contribution is -2.24. The maximum Gasteiger partial charge on any atom is 0.237 e. The van der Waals surface area contributed by atoms with Gasteiger partial charge in [-0.1, -0.05) is 42.1 Å². The Hall–Kier alpha value is -3.00. The van der Waals surface area contributed by atoms with Crippen molar-refractivity contribution in [1.29, 1.82) is 0 Å². The number of nitrogens with zero attached hydrogens (tertiary/aromatic N) is 4. The van der Waals surface area contributed by atoms with Crippen molar-refractivity contribution in [3.63, 3.8) is 0 Å². The summed E-state index contributed by atoms with van der Waals surface area (Å²) in [7, 11) is 0. The normalized spacial score (nSPS) is 11.8. The summed E-state index contributed by atoms with van der Waals surface area (Å²) in [6.07, 6.45) is 0. The van der Waals surface area contributed by atoms with Crippen LogP contribution in [0.5, 0.6) is 0 Å². The van der Waals surface area contributed by atoms with Crippen LogP contribution in [0.4, 0.5) is 5.69 Å². The number of hydrogen-bond acceptors (Lipinski definition) is 6. The zero-order valence-corrected chi connectivity index (χ0v) is 15.1. The summed E-state index contributed by atoms with van der Waals surface area (Å²) in [5.41, 5.74) is 1.79. The molecule has 0 aliphatic heterocycles. The molecule has 0 unspecified atom stereocenters. The van der Waals surface area contributed by atoms with Gasteiger partial charge in [0.1, 0.15) is 0 Å². The average Bonchev–Trinajstić information content (AvgIpc) is 3.10. The van der Waals surface area contributed by atoms with E-state index in [0.29, 0.717) is 16.4 Å². The molecule has 1 heterocycles. The molecule has 0 fully saturated rings. The second kappa shape index (κ2) is 7.92. The number of aromatic nitrogens is 4. The van der Waals surface area contributed by atoms with E-state index in [-0.39, 0.29) is 11.7 Å². The first-order valence-electron chi connectivity index (χ1n) is 7.97. The Morgan fingerprint density at radius 2 is 1.77 bits per heavy atom. The van der Waals surface area contributed by atoms with Crippen LogP contribution in [0.15, 0.2) is 59.8 Å². The number of carbonyl (C=O) groups excluding carboxylic acids is 2. The molecule has 0 saturated carbocycles. The molecular formula is C18H17N5O2S. The van der Waals surface area contributed by atoms with Gasteiger partial charge in [0.05, 0.1) is 16.6 Å². The molecule has 1 aromatic heterocycles. The van der Waals surface area contributed by atoms with Crippen LogP contribution >= 0.6 is 11.8 Å². The number of para-hydroxylation sites is 2. The Balaban J connectivity index is 1.74. The van der Waals surface area contributed by atoms with Gasteiger partial charge >= 0.3 is 0 Å². The number of thioether (sulfide) groups is 1. The molecule has 3 rings (SSSR count). The summed E-state index contributed by atoms with van der Waals surface area (Å²) < 4.78 is 1.58. The predicted octanol–water partition coefficient (Wildman–Crippen LogP) is 2.98. The van der Waals surface area contributed by atoms with Crippen LogP contribution in [-0.2, 0) is 4.79 Å². The molecule has 1 amide bonds. The predicted molar refractivity (Wildman–Crippen MR) is 99.5 cm³/mol. The quantitative estimate of drug-likeness (QED) is 0.532. The molecule has 0 saturated heterocycles. The van der Waals surface area contributed by atoms with E-state index in [9.17, 15) is 9.59 Å². The van der Waals surface area contributed by atoms with E-state index in [2.05, 4.69) is 20.8 Å². The molecule has 0 spiro atoms. The summed E-state index contributed by atoms with van der Waals surface area (Å²) in [5, 5.41) is 14.5. The van der Waals surface area contributed by atoms with E-state index in [0.717, 1.165) is 5.69 Å². The van der Waals surface area contributed by atoms with E-state index < -0.39 is 5.25 Å². The molecule has 0 aliphatic rings. The van der Waals surface area contributed by atoms with Gasteiger partial charge in [0.25, 0.3) is 0 Å². The number of hydrogen-bond donors (Lipinski definition) is 1. The molecule has 1 atom stereocenters. The number of nitrogens with one attached hydrogen (secondary N) is 1. The maximum absolute atomic E-state index is 12.5. The van der Waals surface area contributed by atoms with Crippen molar-refractivity contribution in [3.05, 3.63) is 60.2 Å². The highest BCUT2D eigenvalue weighted by Gasteiger charge is 2.20. The molecule has 7 nitrogen and oxygen atoms in total. The number of anilines is 1. The van der Waals surface area contributed by atoms with E-state index in [1.807, 2.05) is 30.3 Å². The molecule has 1 N–H and O–H groups in total. The Bertz CT molecular complexity index is 926. The van der Waals surface area contributed by atoms with Crippen molar-refractivity contribution in [3.8, 4) is 5.69 Å². The first-order valence-corrected chi connectivity index (χ1v) is 8.85. The summed E-state index contributed by atoms with van der Waals surface area (Å²) in [6.45, 7) is 3.23. The number of tetrazole rings is 1. The van der Waals surface area contributed by atoms with Gasteiger partial charge in [-0.25, -0.2) is 0 Å². The van der Waals surface area contributed by atoms with Crippen LogP contribution in [0.1, 0.15) is 24.2 Å². The van der Waals surface area contributed by atoms with Crippen molar-refractivity contribution < 1.29 is 9.59 Å². The third-order valence-corrected chi connectivity index (χ3v) is 4.69. The largest absolute Gasteiger partial charge is 0.324 e. The number of amides is 1. The Labute approximate surface area is 154 Å². The first kappa shape index (κ1) is 17.8. The smallest absolute Gasteiger partial charge is 0.237 e. The molecule has 0 aliphatic carbocycles. The summed E-state index contributed by atoms with van der Waals surface area (Å²) >= 11 is 1.24. The monoisotopic (exact) mass is 367 g/mol. The fourth-order valence-electron chi connectivity index (χ4n) is 2.33. The van der Waals surface area contributed by atoms with Crippen molar-refractivity contribution in [1.82, 2.24) is 20.2 Å². The van der Waals surface area contributed by atoms with Crippen LogP contribution in [0.2, 0.25) is 0 Å². The van der Waals surface area contributed by atoms with Gasteiger partial charge in [-0.2, -0.15) is 4.68 Å². The second-order valence-electron chi connectivity index (χ2n) is 5.56. The highest BCUT2D eigenvalue weighted by Crippen LogP contribution is 2.24. The van der Waals surface area contributed by atoms with Gasteiger partial charge in [-0.15, -0.1) is 5.10 Å². The minimum Gasteiger partial charge on any atom is -0.324 e. The third-order valence-electron chi connectivity index (χ3n) is 3.66. The van der Waals surface area contributed by atoms with Crippen LogP contribution in [0.3, 0.4) is 0 Å². The molecule has 0 bridgehead atoms. The van der Waals surface area contributed by atoms with Gasteiger partial charge < -0.3 is 5.32 Å². The Morgan fingerprint density at radius 3 is 2.50 bits per heavy atom. The van der Waals surface area contributed by atoms with Gasteiger partial charge in [0.15, 0.2) is 5.78 Å².